The van der Waals surface area contributed by atoms with Crippen molar-refractivity contribution in [2.24, 2.45) is 0 Å². The number of carbonyl (C=O) groups excluding carboxylic acids is 1. The summed E-state index contributed by atoms with van der Waals surface area (Å²) in [5.41, 5.74) is 0. The molecule has 0 radical (unpaired) electrons. The van der Waals surface area contributed by atoms with Gasteiger partial charge in [-0.1, -0.05) is 0 Å². The molecular weight excluding hydrogens is 265 g/mol. The Morgan fingerprint density at radius 1 is 1.31 bits per heavy atom. The van der Waals surface area contributed by atoms with Crippen LogP contribution in [0.1, 0.15) is 26.7 Å². The Labute approximate surface area is 104 Å². The Kier molecular flexibility index (Phi) is 6.20. The van der Waals surface area contributed by atoms with Gasteiger partial charge in [-0.15, -0.1) is 0 Å². The summed E-state index contributed by atoms with van der Waals surface area (Å²) in [6.45, 7) is 4.83. The zero-order valence-corrected chi connectivity index (χ0v) is 11.6. The predicted molar refractivity (Wildman–Crippen MR) is 69.2 cm³/mol. The molecule has 1 rings (SSSR count). The maximum atomic E-state index is 11.8. The third-order valence-electron chi connectivity index (χ3n) is 2.22. The Morgan fingerprint density at radius 3 is 2.56 bits per heavy atom. The second-order valence-corrected chi connectivity index (χ2v) is 6.28. The van der Waals surface area contributed by atoms with Crippen LogP contribution in [-0.4, -0.2) is 27.4 Å². The summed E-state index contributed by atoms with van der Waals surface area (Å²) in [5.74, 6) is 0.216. The topological polar surface area (TPSA) is 29.1 Å². The molecule has 1 amide bonds. The minimum atomic E-state index is 0.180. The average molecular weight is 284 g/mol. The van der Waals surface area contributed by atoms with Gasteiger partial charge in [0.05, 0.1) is 0 Å². The van der Waals surface area contributed by atoms with Gasteiger partial charge in [-0.25, -0.2) is 0 Å². The van der Waals surface area contributed by atoms with Crippen molar-refractivity contribution in [3.8, 4) is 0 Å². The molecule has 0 fully saturated rings. The van der Waals surface area contributed by atoms with E-state index in [-0.39, 0.29) is 25.7 Å². The molecule has 0 aliphatic rings. The Bertz CT molecular complexity index is 313. The molecule has 1 aromatic rings. The van der Waals surface area contributed by atoms with E-state index < -0.39 is 0 Å². The maximum absolute atomic E-state index is 11.8. The van der Waals surface area contributed by atoms with Crippen molar-refractivity contribution in [2.45, 2.75) is 31.5 Å². The molecular formula is C13H19NOSe. The Hall–Kier alpha value is -0.791. The number of nitrogens with one attached hydrogen (secondary N) is 1. The normalized spacial score (nSPS) is 12.1. The van der Waals surface area contributed by atoms with Crippen molar-refractivity contribution in [1.29, 1.82) is 0 Å². The Morgan fingerprint density at radius 2 is 2.00 bits per heavy atom. The van der Waals surface area contributed by atoms with E-state index >= 15 is 0 Å². The van der Waals surface area contributed by atoms with Crippen LogP contribution in [-0.2, 0) is 4.79 Å². The average Bonchev–Trinajstić information content (AvgIpc) is 2.30. The zero-order valence-electron chi connectivity index (χ0n) is 9.90. The fourth-order valence-corrected chi connectivity index (χ4v) is 3.95. The first-order valence-electron chi connectivity index (χ1n) is 5.77. The van der Waals surface area contributed by atoms with Crippen LogP contribution in [0.3, 0.4) is 0 Å². The van der Waals surface area contributed by atoms with Gasteiger partial charge in [0.1, 0.15) is 0 Å². The van der Waals surface area contributed by atoms with Crippen LogP contribution in [0.2, 0.25) is 4.82 Å². The van der Waals surface area contributed by atoms with Crippen LogP contribution in [0.15, 0.2) is 30.3 Å². The fourth-order valence-electron chi connectivity index (χ4n) is 1.46. The van der Waals surface area contributed by atoms with E-state index in [1.165, 1.54) is 4.46 Å². The number of rotatable bonds is 6. The van der Waals surface area contributed by atoms with Gasteiger partial charge in [-0.05, 0) is 0 Å². The molecule has 0 saturated carbocycles. The quantitative estimate of drug-likeness (QED) is 0.792. The molecule has 1 atom stereocenters. The van der Waals surface area contributed by atoms with E-state index in [1.54, 1.807) is 0 Å². The molecule has 0 aliphatic carbocycles. The van der Waals surface area contributed by atoms with Crippen LogP contribution in [0.4, 0.5) is 0 Å². The Balaban J connectivity index is 2.60. The molecule has 88 valence electrons. The molecule has 3 heteroatoms. The number of hydrogen-bond donors (Lipinski definition) is 1. The molecule has 0 bridgehead atoms. The third-order valence-corrected chi connectivity index (χ3v) is 4.90. The van der Waals surface area contributed by atoms with E-state index in [0.29, 0.717) is 0 Å². The van der Waals surface area contributed by atoms with Crippen molar-refractivity contribution < 1.29 is 4.79 Å². The third kappa shape index (κ3) is 4.38. The van der Waals surface area contributed by atoms with Gasteiger partial charge in [-0.2, -0.15) is 0 Å². The summed E-state index contributed by atoms with van der Waals surface area (Å²) in [4.78, 5) is 12.0. The molecule has 0 spiro atoms. The molecule has 0 heterocycles. The number of carbonyl (C=O) groups is 1. The summed E-state index contributed by atoms with van der Waals surface area (Å²) in [6.07, 6.45) is 2.05. The molecule has 0 aromatic heterocycles. The summed E-state index contributed by atoms with van der Waals surface area (Å²) in [7, 11) is 0. The minimum absolute atomic E-state index is 0.180. The molecule has 1 aromatic carbocycles. The number of benzene rings is 1. The van der Waals surface area contributed by atoms with Crippen molar-refractivity contribution >= 4 is 25.3 Å². The van der Waals surface area contributed by atoms with Gasteiger partial charge >= 0.3 is 104 Å². The van der Waals surface area contributed by atoms with Crippen LogP contribution < -0.4 is 9.78 Å². The number of hydrogen-bond acceptors (Lipinski definition) is 1. The van der Waals surface area contributed by atoms with Crippen LogP contribution in [0.25, 0.3) is 0 Å². The van der Waals surface area contributed by atoms with Gasteiger partial charge in [-0.3, -0.25) is 0 Å². The summed E-state index contributed by atoms with van der Waals surface area (Å²) in [6, 6.07) is 10.3. The van der Waals surface area contributed by atoms with Crippen molar-refractivity contribution in [3.63, 3.8) is 0 Å². The second-order valence-electron chi connectivity index (χ2n) is 3.60. The van der Waals surface area contributed by atoms with Gasteiger partial charge in [0.15, 0.2) is 0 Å². The van der Waals surface area contributed by atoms with E-state index in [2.05, 4.69) is 24.4 Å². The standard InChI is InChI=1S/C13H19NOSe/c1-3-8-12(13(15)14-4-2)16-11-9-6-5-7-10-11/h5-7,9-10,12H,3-4,8H2,1-2H3,(H,14,15). The molecule has 2 nitrogen and oxygen atoms in total. The zero-order chi connectivity index (χ0) is 11.8. The summed E-state index contributed by atoms with van der Waals surface area (Å²) >= 11 is 0.247. The first-order chi connectivity index (χ1) is 7.77. The molecule has 16 heavy (non-hydrogen) atoms. The molecule has 1 unspecified atom stereocenters. The van der Waals surface area contributed by atoms with Crippen LogP contribution >= 0.6 is 0 Å². The van der Waals surface area contributed by atoms with Crippen molar-refractivity contribution in [2.75, 3.05) is 6.54 Å². The van der Waals surface area contributed by atoms with Crippen LogP contribution in [0.5, 0.6) is 0 Å². The SMILES string of the molecule is CCCC([Se]c1ccccc1)C(=O)NCC. The molecule has 0 saturated heterocycles. The second kappa shape index (κ2) is 7.48. The van der Waals surface area contributed by atoms with Gasteiger partial charge in [0, 0.05) is 0 Å². The van der Waals surface area contributed by atoms with Gasteiger partial charge < -0.3 is 0 Å². The van der Waals surface area contributed by atoms with E-state index in [0.717, 1.165) is 19.4 Å². The van der Waals surface area contributed by atoms with Gasteiger partial charge in [0.2, 0.25) is 0 Å². The van der Waals surface area contributed by atoms with Crippen molar-refractivity contribution in [1.82, 2.24) is 5.32 Å². The molecule has 0 aliphatic heterocycles. The van der Waals surface area contributed by atoms with Crippen LogP contribution in [0, 0.1) is 0 Å². The van der Waals surface area contributed by atoms with E-state index in [9.17, 15) is 4.79 Å². The molecule has 1 N–H and O–H groups in total. The summed E-state index contributed by atoms with van der Waals surface area (Å²) in [5, 5.41) is 2.93. The first kappa shape index (κ1) is 13.3. The number of amides is 1. The van der Waals surface area contributed by atoms with E-state index in [4.69, 9.17) is 0 Å². The fraction of sp³-hybridized carbons (Fsp3) is 0.462. The first-order valence-corrected chi connectivity index (χ1v) is 7.61. The summed E-state index contributed by atoms with van der Waals surface area (Å²) < 4.78 is 1.31. The predicted octanol–water partition coefficient (Wildman–Crippen LogP) is 1.74. The van der Waals surface area contributed by atoms with E-state index in [1.807, 2.05) is 25.1 Å². The van der Waals surface area contributed by atoms with Gasteiger partial charge in [0.25, 0.3) is 0 Å². The monoisotopic (exact) mass is 285 g/mol. The van der Waals surface area contributed by atoms with Crippen molar-refractivity contribution in [3.05, 3.63) is 30.3 Å².